The summed E-state index contributed by atoms with van der Waals surface area (Å²) in [4.78, 5) is 11.7. The molecule has 0 aliphatic heterocycles. The standard InChI is InChI=1S/C11H9ClN2O2/c12-9-4-2-1-3-8(9)10(15)7-16-11-5-6-13-14-11/h1-6H,7H2,(H,13,14). The predicted octanol–water partition coefficient (Wildman–Crippen LogP) is 2.32. The number of benzene rings is 1. The minimum absolute atomic E-state index is 0.0636. The molecular weight excluding hydrogens is 228 g/mol. The normalized spacial score (nSPS) is 10.1. The number of halogens is 1. The third kappa shape index (κ3) is 2.41. The van der Waals surface area contributed by atoms with Crippen molar-refractivity contribution in [3.63, 3.8) is 0 Å². The van der Waals surface area contributed by atoms with Crippen LogP contribution < -0.4 is 4.74 Å². The molecule has 1 aromatic carbocycles. The van der Waals surface area contributed by atoms with Crippen molar-refractivity contribution in [3.05, 3.63) is 47.1 Å². The number of ketones is 1. The lowest BCUT2D eigenvalue weighted by Gasteiger charge is -2.04. The van der Waals surface area contributed by atoms with Crippen LogP contribution in [0.1, 0.15) is 10.4 Å². The van der Waals surface area contributed by atoms with E-state index in [9.17, 15) is 4.79 Å². The minimum Gasteiger partial charge on any atom is -0.470 e. The van der Waals surface area contributed by atoms with E-state index in [-0.39, 0.29) is 12.4 Å². The number of carbonyl (C=O) groups excluding carboxylic acids is 1. The third-order valence-corrected chi connectivity index (χ3v) is 2.34. The molecule has 0 saturated heterocycles. The highest BCUT2D eigenvalue weighted by Gasteiger charge is 2.10. The number of hydrogen-bond donors (Lipinski definition) is 1. The van der Waals surface area contributed by atoms with Crippen LogP contribution in [-0.4, -0.2) is 22.6 Å². The maximum Gasteiger partial charge on any atom is 0.209 e. The van der Waals surface area contributed by atoms with Crippen molar-refractivity contribution in [2.45, 2.75) is 0 Å². The molecule has 0 aliphatic carbocycles. The van der Waals surface area contributed by atoms with Crippen LogP contribution >= 0.6 is 11.6 Å². The van der Waals surface area contributed by atoms with E-state index >= 15 is 0 Å². The average molecular weight is 237 g/mol. The van der Waals surface area contributed by atoms with Crippen molar-refractivity contribution in [3.8, 4) is 5.88 Å². The van der Waals surface area contributed by atoms with E-state index in [2.05, 4.69) is 10.2 Å². The second kappa shape index (κ2) is 4.81. The summed E-state index contributed by atoms with van der Waals surface area (Å²) in [5.74, 6) is 0.292. The molecule has 0 fully saturated rings. The van der Waals surface area contributed by atoms with Gasteiger partial charge >= 0.3 is 0 Å². The van der Waals surface area contributed by atoms with Gasteiger partial charge in [-0.1, -0.05) is 23.7 Å². The number of hydrogen-bond acceptors (Lipinski definition) is 3. The summed E-state index contributed by atoms with van der Waals surface area (Å²) >= 11 is 5.88. The Morgan fingerprint density at radius 1 is 1.38 bits per heavy atom. The van der Waals surface area contributed by atoms with Gasteiger partial charge in [-0.3, -0.25) is 4.79 Å². The number of aromatic nitrogens is 2. The van der Waals surface area contributed by atoms with Gasteiger partial charge in [-0.25, -0.2) is 5.10 Å². The van der Waals surface area contributed by atoms with Crippen molar-refractivity contribution in [2.24, 2.45) is 0 Å². The van der Waals surface area contributed by atoms with E-state index in [1.807, 2.05) is 0 Å². The summed E-state index contributed by atoms with van der Waals surface area (Å²) in [5.41, 5.74) is 0.462. The molecule has 1 N–H and O–H groups in total. The Labute approximate surface area is 97.2 Å². The molecular formula is C11H9ClN2O2. The Morgan fingerprint density at radius 3 is 2.88 bits per heavy atom. The number of ether oxygens (including phenoxy) is 1. The first-order valence-corrected chi connectivity index (χ1v) is 5.05. The first-order valence-electron chi connectivity index (χ1n) is 4.67. The summed E-state index contributed by atoms with van der Waals surface area (Å²) in [5, 5.41) is 6.74. The van der Waals surface area contributed by atoms with E-state index in [4.69, 9.17) is 16.3 Å². The van der Waals surface area contributed by atoms with Crippen molar-refractivity contribution >= 4 is 17.4 Å². The molecule has 0 amide bonds. The molecule has 0 saturated carbocycles. The Kier molecular flexibility index (Phi) is 3.22. The highest BCUT2D eigenvalue weighted by Crippen LogP contribution is 2.15. The van der Waals surface area contributed by atoms with Crippen LogP contribution in [-0.2, 0) is 0 Å². The largest absolute Gasteiger partial charge is 0.470 e. The molecule has 0 radical (unpaired) electrons. The lowest BCUT2D eigenvalue weighted by Crippen LogP contribution is -2.12. The molecule has 2 aromatic rings. The van der Waals surface area contributed by atoms with Crippen molar-refractivity contribution in [2.75, 3.05) is 6.61 Å². The van der Waals surface area contributed by atoms with Gasteiger partial charge < -0.3 is 4.74 Å². The number of nitrogens with zero attached hydrogens (tertiary/aromatic N) is 1. The summed E-state index contributed by atoms with van der Waals surface area (Å²) in [6.45, 7) is -0.0636. The second-order valence-corrected chi connectivity index (χ2v) is 3.52. The number of rotatable bonds is 4. The molecule has 0 unspecified atom stereocenters. The minimum atomic E-state index is -0.166. The number of H-pyrrole nitrogens is 1. The smallest absolute Gasteiger partial charge is 0.209 e. The van der Waals surface area contributed by atoms with Gasteiger partial charge in [0.05, 0.1) is 11.2 Å². The molecule has 0 atom stereocenters. The van der Waals surface area contributed by atoms with Gasteiger partial charge in [-0.05, 0) is 12.1 Å². The summed E-state index contributed by atoms with van der Waals surface area (Å²) in [6.07, 6.45) is 1.55. The molecule has 2 rings (SSSR count). The summed E-state index contributed by atoms with van der Waals surface area (Å²) < 4.78 is 5.19. The molecule has 16 heavy (non-hydrogen) atoms. The van der Waals surface area contributed by atoms with Crippen molar-refractivity contribution in [1.82, 2.24) is 10.2 Å². The fourth-order valence-corrected chi connectivity index (χ4v) is 1.47. The van der Waals surface area contributed by atoms with Crippen LogP contribution in [0.5, 0.6) is 5.88 Å². The molecule has 1 aromatic heterocycles. The first kappa shape index (κ1) is 10.7. The van der Waals surface area contributed by atoms with E-state index in [0.717, 1.165) is 0 Å². The molecule has 0 spiro atoms. The molecule has 0 bridgehead atoms. The van der Waals surface area contributed by atoms with E-state index < -0.39 is 0 Å². The molecule has 4 nitrogen and oxygen atoms in total. The number of carbonyl (C=O) groups is 1. The van der Waals surface area contributed by atoms with Crippen LogP contribution in [0.3, 0.4) is 0 Å². The molecule has 1 heterocycles. The Hall–Kier alpha value is -1.81. The molecule has 0 aliphatic rings. The van der Waals surface area contributed by atoms with Crippen LogP contribution in [0.4, 0.5) is 0 Å². The zero-order valence-electron chi connectivity index (χ0n) is 8.31. The maximum absolute atomic E-state index is 11.7. The van der Waals surface area contributed by atoms with Gasteiger partial charge in [0.2, 0.25) is 11.7 Å². The summed E-state index contributed by atoms with van der Waals surface area (Å²) in [6, 6.07) is 8.51. The van der Waals surface area contributed by atoms with Crippen LogP contribution in [0, 0.1) is 0 Å². The monoisotopic (exact) mass is 236 g/mol. The zero-order valence-corrected chi connectivity index (χ0v) is 9.07. The Morgan fingerprint density at radius 2 is 2.19 bits per heavy atom. The van der Waals surface area contributed by atoms with Gasteiger partial charge in [0.15, 0.2) is 6.61 Å². The first-order chi connectivity index (χ1) is 7.77. The average Bonchev–Trinajstić information content (AvgIpc) is 2.79. The maximum atomic E-state index is 11.7. The fraction of sp³-hybridized carbons (Fsp3) is 0.0909. The van der Waals surface area contributed by atoms with Gasteiger partial charge in [-0.15, -0.1) is 0 Å². The van der Waals surface area contributed by atoms with E-state index in [0.29, 0.717) is 16.5 Å². The quantitative estimate of drug-likeness (QED) is 0.829. The van der Waals surface area contributed by atoms with Crippen molar-refractivity contribution in [1.29, 1.82) is 0 Å². The topological polar surface area (TPSA) is 55.0 Å². The van der Waals surface area contributed by atoms with Gasteiger partial charge in [0.25, 0.3) is 0 Å². The summed E-state index contributed by atoms with van der Waals surface area (Å²) in [7, 11) is 0. The molecule has 82 valence electrons. The lowest BCUT2D eigenvalue weighted by atomic mass is 10.1. The molecule has 5 heteroatoms. The van der Waals surface area contributed by atoms with Crippen LogP contribution in [0.2, 0.25) is 5.02 Å². The third-order valence-electron chi connectivity index (χ3n) is 2.01. The highest BCUT2D eigenvalue weighted by molar-refractivity contribution is 6.34. The highest BCUT2D eigenvalue weighted by atomic mass is 35.5. The Balaban J connectivity index is 2.01. The number of Topliss-reactive ketones (excluding diaryl/α,β-unsaturated/α-hetero) is 1. The van der Waals surface area contributed by atoms with Gasteiger partial charge in [-0.2, -0.15) is 5.10 Å². The van der Waals surface area contributed by atoms with Crippen LogP contribution in [0.15, 0.2) is 36.5 Å². The van der Waals surface area contributed by atoms with Gasteiger partial charge in [0.1, 0.15) is 0 Å². The van der Waals surface area contributed by atoms with Crippen LogP contribution in [0.25, 0.3) is 0 Å². The van der Waals surface area contributed by atoms with Crippen molar-refractivity contribution < 1.29 is 9.53 Å². The zero-order chi connectivity index (χ0) is 11.4. The van der Waals surface area contributed by atoms with Gasteiger partial charge in [0, 0.05) is 11.6 Å². The lowest BCUT2D eigenvalue weighted by molar-refractivity contribution is 0.0918. The fourth-order valence-electron chi connectivity index (χ4n) is 1.23. The number of aromatic amines is 1. The SMILES string of the molecule is O=C(COc1ccn[nH]1)c1ccccc1Cl. The predicted molar refractivity (Wildman–Crippen MR) is 59.9 cm³/mol. The second-order valence-electron chi connectivity index (χ2n) is 3.11. The van der Waals surface area contributed by atoms with E-state index in [1.165, 1.54) is 0 Å². The number of nitrogens with one attached hydrogen (secondary N) is 1. The Bertz CT molecular complexity index is 482. The van der Waals surface area contributed by atoms with E-state index in [1.54, 1.807) is 36.5 Å².